The van der Waals surface area contributed by atoms with Crippen molar-refractivity contribution in [2.45, 2.75) is 17.7 Å². The lowest BCUT2D eigenvalue weighted by molar-refractivity contribution is 0.520. The topological polar surface area (TPSA) is 40.6 Å². The Morgan fingerprint density at radius 1 is 1.35 bits per heavy atom. The molecule has 1 aliphatic rings. The highest BCUT2D eigenvalue weighted by atomic mass is 35.5. The van der Waals surface area contributed by atoms with Crippen molar-refractivity contribution in [3.8, 4) is 0 Å². The first kappa shape index (κ1) is 15.6. The quantitative estimate of drug-likeness (QED) is 0.783. The summed E-state index contributed by atoms with van der Waals surface area (Å²) in [7, 11) is -0.285. The van der Waals surface area contributed by atoms with Crippen molar-refractivity contribution in [2.75, 3.05) is 38.0 Å². The molecule has 0 aromatic heterocycles. The van der Waals surface area contributed by atoms with Crippen LogP contribution in [0.3, 0.4) is 0 Å². The summed E-state index contributed by atoms with van der Waals surface area (Å²) in [5.41, 5.74) is 0.804. The SMILES string of the molecule is CN(C)S(=O)(=O)c1ccccc1N1CCC(CCCl)C1. The molecule has 0 aliphatic carbocycles. The highest BCUT2D eigenvalue weighted by Crippen LogP contribution is 2.31. The summed E-state index contributed by atoms with van der Waals surface area (Å²) < 4.78 is 26.1. The Kier molecular flexibility index (Phi) is 4.94. The number of halogens is 1. The predicted octanol–water partition coefficient (Wildman–Crippen LogP) is 2.39. The molecule has 1 fully saturated rings. The average Bonchev–Trinajstić information content (AvgIpc) is 2.87. The highest BCUT2D eigenvalue weighted by Gasteiger charge is 2.28. The van der Waals surface area contributed by atoms with E-state index in [0.29, 0.717) is 16.7 Å². The van der Waals surface area contributed by atoms with Gasteiger partial charge in [-0.2, -0.15) is 0 Å². The van der Waals surface area contributed by atoms with E-state index in [2.05, 4.69) is 4.90 Å². The zero-order valence-corrected chi connectivity index (χ0v) is 13.5. The van der Waals surface area contributed by atoms with Crippen LogP contribution in [-0.4, -0.2) is 45.8 Å². The maximum Gasteiger partial charge on any atom is 0.244 e. The third-order valence-electron chi connectivity index (χ3n) is 3.77. The number of hydrogen-bond donors (Lipinski definition) is 0. The second-order valence-electron chi connectivity index (χ2n) is 5.33. The van der Waals surface area contributed by atoms with Crippen molar-refractivity contribution in [2.24, 2.45) is 5.92 Å². The smallest absolute Gasteiger partial charge is 0.244 e. The molecule has 1 unspecified atom stereocenters. The summed E-state index contributed by atoms with van der Waals surface area (Å²) in [6, 6.07) is 7.23. The van der Waals surface area contributed by atoms with Crippen LogP contribution in [0.15, 0.2) is 29.2 Å². The summed E-state index contributed by atoms with van der Waals surface area (Å²) in [5.74, 6) is 1.22. The molecule has 4 nitrogen and oxygen atoms in total. The Hall–Kier alpha value is -0.780. The number of para-hydroxylation sites is 1. The van der Waals surface area contributed by atoms with Crippen molar-refractivity contribution in [3.05, 3.63) is 24.3 Å². The fraction of sp³-hybridized carbons (Fsp3) is 0.571. The van der Waals surface area contributed by atoms with Crippen molar-refractivity contribution < 1.29 is 8.42 Å². The third-order valence-corrected chi connectivity index (χ3v) is 5.85. The van der Waals surface area contributed by atoms with Crippen molar-refractivity contribution >= 4 is 27.3 Å². The largest absolute Gasteiger partial charge is 0.370 e. The molecule has 1 atom stereocenters. The van der Waals surface area contributed by atoms with E-state index in [4.69, 9.17) is 11.6 Å². The van der Waals surface area contributed by atoms with Crippen LogP contribution in [0.1, 0.15) is 12.8 Å². The lowest BCUT2D eigenvalue weighted by atomic mass is 10.1. The number of hydrogen-bond acceptors (Lipinski definition) is 3. The molecule has 1 aliphatic heterocycles. The van der Waals surface area contributed by atoms with Crippen LogP contribution >= 0.6 is 11.6 Å². The molecule has 6 heteroatoms. The van der Waals surface area contributed by atoms with Crippen LogP contribution < -0.4 is 4.90 Å². The fourth-order valence-electron chi connectivity index (χ4n) is 2.57. The summed E-state index contributed by atoms with van der Waals surface area (Å²) in [6.45, 7) is 1.77. The van der Waals surface area contributed by atoms with Gasteiger partial charge in [0.25, 0.3) is 0 Å². The van der Waals surface area contributed by atoms with E-state index in [9.17, 15) is 8.42 Å². The maximum atomic E-state index is 12.4. The Balaban J connectivity index is 2.30. The number of rotatable bonds is 5. The van der Waals surface area contributed by atoms with Gasteiger partial charge in [-0.05, 0) is 30.9 Å². The molecule has 1 aromatic carbocycles. The first-order chi connectivity index (χ1) is 9.46. The van der Waals surface area contributed by atoms with Crippen LogP contribution in [0.2, 0.25) is 0 Å². The van der Waals surface area contributed by atoms with Gasteiger partial charge < -0.3 is 4.90 Å². The molecule has 1 heterocycles. The van der Waals surface area contributed by atoms with Crippen LogP contribution in [-0.2, 0) is 10.0 Å². The third kappa shape index (κ3) is 3.10. The van der Waals surface area contributed by atoms with Gasteiger partial charge in [-0.15, -0.1) is 11.6 Å². The highest BCUT2D eigenvalue weighted by molar-refractivity contribution is 7.89. The molecule has 0 bridgehead atoms. The zero-order chi connectivity index (χ0) is 14.8. The van der Waals surface area contributed by atoms with E-state index >= 15 is 0 Å². The molecule has 0 radical (unpaired) electrons. The predicted molar refractivity (Wildman–Crippen MR) is 83.0 cm³/mol. The van der Waals surface area contributed by atoms with E-state index in [1.807, 2.05) is 12.1 Å². The van der Waals surface area contributed by atoms with Gasteiger partial charge in [0.1, 0.15) is 4.90 Å². The molecular weight excluding hydrogens is 296 g/mol. The Morgan fingerprint density at radius 3 is 2.70 bits per heavy atom. The van der Waals surface area contributed by atoms with Crippen LogP contribution in [0.5, 0.6) is 0 Å². The minimum atomic E-state index is -3.41. The molecule has 0 N–H and O–H groups in total. The molecule has 0 spiro atoms. The van der Waals surface area contributed by atoms with E-state index in [0.717, 1.165) is 31.6 Å². The van der Waals surface area contributed by atoms with Gasteiger partial charge in [0.2, 0.25) is 10.0 Å². The van der Waals surface area contributed by atoms with Gasteiger partial charge in [-0.25, -0.2) is 12.7 Å². The summed E-state index contributed by atoms with van der Waals surface area (Å²) >= 11 is 5.80. The van der Waals surface area contributed by atoms with Gasteiger partial charge in [0.15, 0.2) is 0 Å². The number of benzene rings is 1. The Labute approximate surface area is 126 Å². The van der Waals surface area contributed by atoms with Gasteiger partial charge in [-0.1, -0.05) is 12.1 Å². The minimum absolute atomic E-state index is 0.386. The number of alkyl halides is 1. The van der Waals surface area contributed by atoms with Crippen LogP contribution in [0, 0.1) is 5.92 Å². The van der Waals surface area contributed by atoms with Gasteiger partial charge in [0.05, 0.1) is 5.69 Å². The molecule has 2 rings (SSSR count). The van der Waals surface area contributed by atoms with Crippen molar-refractivity contribution in [3.63, 3.8) is 0 Å². The molecule has 1 aromatic rings. The summed E-state index contributed by atoms with van der Waals surface area (Å²) in [4.78, 5) is 2.55. The normalized spacial score (nSPS) is 19.8. The second-order valence-corrected chi connectivity index (χ2v) is 7.83. The summed E-state index contributed by atoms with van der Waals surface area (Å²) in [6.07, 6.45) is 2.06. The van der Waals surface area contributed by atoms with Crippen LogP contribution in [0.25, 0.3) is 0 Å². The van der Waals surface area contributed by atoms with Crippen molar-refractivity contribution in [1.82, 2.24) is 4.31 Å². The number of anilines is 1. The monoisotopic (exact) mass is 316 g/mol. The molecule has 20 heavy (non-hydrogen) atoms. The number of sulfonamides is 1. The van der Waals surface area contributed by atoms with E-state index in [1.165, 1.54) is 4.31 Å². The van der Waals surface area contributed by atoms with Crippen LogP contribution in [0.4, 0.5) is 5.69 Å². The minimum Gasteiger partial charge on any atom is -0.370 e. The second kappa shape index (κ2) is 6.33. The van der Waals surface area contributed by atoms with Crippen molar-refractivity contribution in [1.29, 1.82) is 0 Å². The first-order valence-electron chi connectivity index (χ1n) is 6.79. The average molecular weight is 317 g/mol. The molecule has 112 valence electrons. The molecule has 1 saturated heterocycles. The van der Waals surface area contributed by atoms with E-state index < -0.39 is 10.0 Å². The number of nitrogens with zero attached hydrogens (tertiary/aromatic N) is 2. The standard InChI is InChI=1S/C14H21ClN2O2S/c1-16(2)20(18,19)14-6-4-3-5-13(14)17-10-8-12(11-17)7-9-15/h3-6,12H,7-11H2,1-2H3. The van der Waals surface area contributed by atoms with E-state index in [-0.39, 0.29) is 0 Å². The Bertz CT molecular complexity index is 560. The zero-order valence-electron chi connectivity index (χ0n) is 11.9. The maximum absolute atomic E-state index is 12.4. The lowest BCUT2D eigenvalue weighted by Crippen LogP contribution is -2.27. The van der Waals surface area contributed by atoms with Gasteiger partial charge >= 0.3 is 0 Å². The molecule has 0 saturated carbocycles. The molecular formula is C14H21ClN2O2S. The first-order valence-corrected chi connectivity index (χ1v) is 8.76. The molecule has 0 amide bonds. The lowest BCUT2D eigenvalue weighted by Gasteiger charge is -2.23. The van der Waals surface area contributed by atoms with E-state index in [1.54, 1.807) is 26.2 Å². The fourth-order valence-corrected chi connectivity index (χ4v) is 3.99. The Morgan fingerprint density at radius 2 is 2.05 bits per heavy atom. The van der Waals surface area contributed by atoms with Gasteiger partial charge in [-0.3, -0.25) is 0 Å². The summed E-state index contributed by atoms with van der Waals surface area (Å²) in [5, 5.41) is 0. The van der Waals surface area contributed by atoms with Gasteiger partial charge in [0, 0.05) is 33.1 Å².